The van der Waals surface area contributed by atoms with Crippen molar-refractivity contribution < 1.29 is 5.11 Å². The number of phenolic OH excluding ortho intramolecular Hbond substituents is 1. The highest BCUT2D eigenvalue weighted by molar-refractivity contribution is 5.31. The van der Waals surface area contributed by atoms with E-state index in [4.69, 9.17) is 0 Å². The first-order valence-electron chi connectivity index (χ1n) is 5.35. The summed E-state index contributed by atoms with van der Waals surface area (Å²) in [5.41, 5.74) is 2.16. The third-order valence-corrected chi connectivity index (χ3v) is 2.66. The van der Waals surface area contributed by atoms with Gasteiger partial charge in [0.15, 0.2) is 0 Å². The molecule has 0 saturated heterocycles. The van der Waals surface area contributed by atoms with Crippen molar-refractivity contribution in [2.24, 2.45) is 7.05 Å². The van der Waals surface area contributed by atoms with Crippen LogP contribution in [0.1, 0.15) is 11.3 Å². The number of aromatic nitrogens is 1. The zero-order valence-corrected chi connectivity index (χ0v) is 9.35. The lowest BCUT2D eigenvalue weighted by atomic mass is 10.2. The van der Waals surface area contributed by atoms with Crippen molar-refractivity contribution >= 4 is 0 Å². The van der Waals surface area contributed by atoms with Crippen LogP contribution >= 0.6 is 0 Å². The summed E-state index contributed by atoms with van der Waals surface area (Å²) in [7, 11) is 2.02. The highest BCUT2D eigenvalue weighted by atomic mass is 16.3. The molecule has 16 heavy (non-hydrogen) atoms. The van der Waals surface area contributed by atoms with E-state index in [1.54, 1.807) is 6.07 Å². The Labute approximate surface area is 95.3 Å². The van der Waals surface area contributed by atoms with Crippen molar-refractivity contribution in [3.05, 3.63) is 53.9 Å². The van der Waals surface area contributed by atoms with Crippen molar-refractivity contribution in [3.63, 3.8) is 0 Å². The third-order valence-electron chi connectivity index (χ3n) is 2.66. The van der Waals surface area contributed by atoms with Gasteiger partial charge in [-0.3, -0.25) is 0 Å². The van der Waals surface area contributed by atoms with Crippen molar-refractivity contribution in [2.75, 3.05) is 0 Å². The minimum Gasteiger partial charge on any atom is -0.508 e. The minimum absolute atomic E-state index is 0.349. The van der Waals surface area contributed by atoms with Crippen LogP contribution in [0.25, 0.3) is 0 Å². The van der Waals surface area contributed by atoms with Crippen LogP contribution in [0.3, 0.4) is 0 Å². The molecule has 3 heteroatoms. The number of rotatable bonds is 4. The Bertz CT molecular complexity index is 462. The lowest BCUT2D eigenvalue weighted by Crippen LogP contribution is -2.14. The smallest absolute Gasteiger partial charge is 0.120 e. The Morgan fingerprint density at radius 2 is 1.94 bits per heavy atom. The second-order valence-corrected chi connectivity index (χ2v) is 3.84. The monoisotopic (exact) mass is 216 g/mol. The molecule has 84 valence electrons. The van der Waals surface area contributed by atoms with Gasteiger partial charge in [-0.2, -0.15) is 0 Å². The van der Waals surface area contributed by atoms with Gasteiger partial charge in [0, 0.05) is 37.6 Å². The molecular formula is C13H16N2O. The molecule has 0 unspecified atom stereocenters. The zero-order valence-electron chi connectivity index (χ0n) is 9.35. The van der Waals surface area contributed by atoms with Crippen molar-refractivity contribution in [1.82, 2.24) is 9.88 Å². The van der Waals surface area contributed by atoms with Gasteiger partial charge in [0.2, 0.25) is 0 Å². The first kappa shape index (κ1) is 10.8. The molecule has 1 aromatic heterocycles. The van der Waals surface area contributed by atoms with Crippen LogP contribution in [-0.4, -0.2) is 9.67 Å². The summed E-state index contributed by atoms with van der Waals surface area (Å²) in [5, 5.41) is 12.9. The number of para-hydroxylation sites is 1. The summed E-state index contributed by atoms with van der Waals surface area (Å²) in [6, 6.07) is 11.5. The van der Waals surface area contributed by atoms with Gasteiger partial charge in [0.25, 0.3) is 0 Å². The summed E-state index contributed by atoms with van der Waals surface area (Å²) < 4.78 is 2.08. The third kappa shape index (κ3) is 2.44. The molecular weight excluding hydrogens is 200 g/mol. The van der Waals surface area contributed by atoms with E-state index in [0.717, 1.165) is 12.1 Å². The molecule has 0 spiro atoms. The number of hydrogen-bond donors (Lipinski definition) is 2. The van der Waals surface area contributed by atoms with Crippen LogP contribution in [0, 0.1) is 0 Å². The fraction of sp³-hybridized carbons (Fsp3) is 0.231. The number of aryl methyl sites for hydroxylation is 1. The number of aromatic hydroxyl groups is 1. The zero-order chi connectivity index (χ0) is 11.4. The standard InChI is InChI=1S/C13H16N2O/c1-15-8-4-6-12(15)10-14-9-11-5-2-3-7-13(11)16/h2-8,14,16H,9-10H2,1H3. The van der Waals surface area contributed by atoms with Crippen LogP contribution < -0.4 is 5.32 Å². The Morgan fingerprint density at radius 1 is 1.12 bits per heavy atom. The van der Waals surface area contributed by atoms with Crippen molar-refractivity contribution in [1.29, 1.82) is 0 Å². The molecule has 0 bridgehead atoms. The fourth-order valence-corrected chi connectivity index (χ4v) is 1.67. The molecule has 0 radical (unpaired) electrons. The minimum atomic E-state index is 0.349. The molecule has 0 amide bonds. The van der Waals surface area contributed by atoms with Crippen LogP contribution in [0.5, 0.6) is 5.75 Å². The molecule has 0 aliphatic rings. The maximum Gasteiger partial charge on any atom is 0.120 e. The molecule has 3 nitrogen and oxygen atoms in total. The molecule has 0 aliphatic carbocycles. The molecule has 2 rings (SSSR count). The van der Waals surface area contributed by atoms with Gasteiger partial charge in [0.05, 0.1) is 0 Å². The van der Waals surface area contributed by atoms with Gasteiger partial charge in [-0.15, -0.1) is 0 Å². The van der Waals surface area contributed by atoms with Crippen LogP contribution in [0.4, 0.5) is 0 Å². The summed E-state index contributed by atoms with van der Waals surface area (Å²) in [6.07, 6.45) is 2.02. The first-order valence-corrected chi connectivity index (χ1v) is 5.35. The molecule has 2 N–H and O–H groups in total. The predicted molar refractivity (Wildman–Crippen MR) is 64.1 cm³/mol. The van der Waals surface area contributed by atoms with Gasteiger partial charge < -0.3 is 15.0 Å². The summed E-state index contributed by atoms with van der Waals surface area (Å²) in [5.74, 6) is 0.349. The molecule has 1 heterocycles. The number of hydrogen-bond acceptors (Lipinski definition) is 2. The van der Waals surface area contributed by atoms with Crippen LogP contribution in [0.2, 0.25) is 0 Å². The number of nitrogens with one attached hydrogen (secondary N) is 1. The Morgan fingerprint density at radius 3 is 2.62 bits per heavy atom. The second kappa shape index (κ2) is 4.86. The van der Waals surface area contributed by atoms with Crippen LogP contribution in [-0.2, 0) is 20.1 Å². The van der Waals surface area contributed by atoms with E-state index in [0.29, 0.717) is 12.3 Å². The van der Waals surface area contributed by atoms with Gasteiger partial charge >= 0.3 is 0 Å². The summed E-state index contributed by atoms with van der Waals surface area (Å²) in [6.45, 7) is 1.48. The van der Waals surface area contributed by atoms with E-state index in [9.17, 15) is 5.11 Å². The quantitative estimate of drug-likeness (QED) is 0.820. The average Bonchev–Trinajstić information content (AvgIpc) is 2.67. The highest BCUT2D eigenvalue weighted by Crippen LogP contribution is 2.14. The van der Waals surface area contributed by atoms with E-state index in [1.165, 1.54) is 5.69 Å². The second-order valence-electron chi connectivity index (χ2n) is 3.84. The molecule has 0 saturated carbocycles. The average molecular weight is 216 g/mol. The van der Waals surface area contributed by atoms with E-state index in [1.807, 2.05) is 37.5 Å². The van der Waals surface area contributed by atoms with Crippen molar-refractivity contribution in [2.45, 2.75) is 13.1 Å². The number of phenols is 1. The van der Waals surface area contributed by atoms with Crippen LogP contribution in [0.15, 0.2) is 42.6 Å². The first-order chi connectivity index (χ1) is 7.77. The molecule has 2 aromatic rings. The highest BCUT2D eigenvalue weighted by Gasteiger charge is 2.00. The number of nitrogens with zero attached hydrogens (tertiary/aromatic N) is 1. The molecule has 0 aliphatic heterocycles. The summed E-state index contributed by atoms with van der Waals surface area (Å²) in [4.78, 5) is 0. The lowest BCUT2D eigenvalue weighted by molar-refractivity contribution is 0.464. The van der Waals surface area contributed by atoms with E-state index in [2.05, 4.69) is 16.0 Å². The molecule has 0 fully saturated rings. The Kier molecular flexibility index (Phi) is 3.27. The maximum atomic E-state index is 9.58. The van der Waals surface area contributed by atoms with Gasteiger partial charge in [-0.05, 0) is 18.2 Å². The summed E-state index contributed by atoms with van der Waals surface area (Å²) >= 11 is 0. The topological polar surface area (TPSA) is 37.2 Å². The molecule has 0 atom stereocenters. The normalized spacial score (nSPS) is 10.6. The maximum absolute atomic E-state index is 9.58. The predicted octanol–water partition coefficient (Wildman–Crippen LogP) is 2.02. The fourth-order valence-electron chi connectivity index (χ4n) is 1.67. The molecule has 1 aromatic carbocycles. The van der Waals surface area contributed by atoms with Gasteiger partial charge in [-0.1, -0.05) is 18.2 Å². The Hall–Kier alpha value is -1.74. The van der Waals surface area contributed by atoms with E-state index < -0.39 is 0 Å². The van der Waals surface area contributed by atoms with E-state index >= 15 is 0 Å². The van der Waals surface area contributed by atoms with Gasteiger partial charge in [0.1, 0.15) is 5.75 Å². The SMILES string of the molecule is Cn1cccc1CNCc1ccccc1O. The largest absolute Gasteiger partial charge is 0.508 e. The van der Waals surface area contributed by atoms with E-state index in [-0.39, 0.29) is 0 Å². The van der Waals surface area contributed by atoms with Gasteiger partial charge in [-0.25, -0.2) is 0 Å². The lowest BCUT2D eigenvalue weighted by Gasteiger charge is -2.07. The number of benzene rings is 1. The van der Waals surface area contributed by atoms with Crippen molar-refractivity contribution in [3.8, 4) is 5.75 Å². The Balaban J connectivity index is 1.89.